The maximum atomic E-state index is 9.92. The van der Waals surface area contributed by atoms with Crippen LogP contribution in [0.2, 0.25) is 0 Å². The molecular formula is C27H22O3. The molecule has 0 heterocycles. The second kappa shape index (κ2) is 9.01. The van der Waals surface area contributed by atoms with E-state index < -0.39 is 0 Å². The molecule has 148 valence electrons. The van der Waals surface area contributed by atoms with Crippen LogP contribution in [-0.2, 0) is 0 Å². The van der Waals surface area contributed by atoms with Crippen molar-refractivity contribution in [1.82, 2.24) is 0 Å². The fraction of sp³-hybridized carbons (Fsp3) is 0.0370. The number of methoxy groups -OCH3 is 1. The Balaban J connectivity index is 1.96. The van der Waals surface area contributed by atoms with E-state index in [1.165, 1.54) is 0 Å². The van der Waals surface area contributed by atoms with E-state index in [4.69, 9.17) is 9.47 Å². The number of hydrogen-bond donors (Lipinski definition) is 1. The van der Waals surface area contributed by atoms with Crippen molar-refractivity contribution in [2.24, 2.45) is 0 Å². The van der Waals surface area contributed by atoms with Gasteiger partial charge in [-0.1, -0.05) is 66.7 Å². The molecule has 0 saturated carbocycles. The molecule has 0 aliphatic carbocycles. The molecule has 0 saturated heterocycles. The highest BCUT2D eigenvalue weighted by Crippen LogP contribution is 2.35. The van der Waals surface area contributed by atoms with E-state index in [2.05, 4.69) is 24.3 Å². The Labute approximate surface area is 176 Å². The quantitative estimate of drug-likeness (QED) is 0.304. The topological polar surface area (TPSA) is 38.7 Å². The Morgan fingerprint density at radius 2 is 1.20 bits per heavy atom. The van der Waals surface area contributed by atoms with Crippen LogP contribution in [-0.4, -0.2) is 12.2 Å². The van der Waals surface area contributed by atoms with Crippen molar-refractivity contribution in [3.05, 3.63) is 126 Å². The van der Waals surface area contributed by atoms with Crippen LogP contribution in [0.5, 0.6) is 17.2 Å². The molecule has 1 N–H and O–H groups in total. The summed E-state index contributed by atoms with van der Waals surface area (Å²) in [5, 5.41) is 9.92. The monoisotopic (exact) mass is 394 g/mol. The minimum Gasteiger partial charge on any atom is -0.508 e. The highest BCUT2D eigenvalue weighted by molar-refractivity contribution is 5.96. The molecule has 0 aliphatic heterocycles. The van der Waals surface area contributed by atoms with Gasteiger partial charge in [0.1, 0.15) is 23.0 Å². The summed E-state index contributed by atoms with van der Waals surface area (Å²) in [6, 6.07) is 34.9. The van der Waals surface area contributed by atoms with Crippen LogP contribution in [0.4, 0.5) is 0 Å². The van der Waals surface area contributed by atoms with Gasteiger partial charge in [0, 0.05) is 17.2 Å². The number of benzene rings is 4. The molecule has 4 rings (SSSR count). The zero-order valence-electron chi connectivity index (χ0n) is 16.7. The lowest BCUT2D eigenvalue weighted by Gasteiger charge is -2.18. The van der Waals surface area contributed by atoms with E-state index in [1.54, 1.807) is 25.3 Å². The summed E-state index contributed by atoms with van der Waals surface area (Å²) >= 11 is 0. The van der Waals surface area contributed by atoms with E-state index in [0.717, 1.165) is 28.0 Å². The second-order valence-corrected chi connectivity index (χ2v) is 6.76. The molecule has 3 heteroatoms. The van der Waals surface area contributed by atoms with Crippen molar-refractivity contribution < 1.29 is 14.6 Å². The number of aromatic hydroxyl groups is 1. The molecule has 4 aromatic carbocycles. The second-order valence-electron chi connectivity index (χ2n) is 6.76. The third kappa shape index (κ3) is 4.36. The lowest BCUT2D eigenvalue weighted by atomic mass is 9.94. The van der Waals surface area contributed by atoms with Gasteiger partial charge < -0.3 is 14.6 Å². The van der Waals surface area contributed by atoms with Crippen LogP contribution < -0.4 is 9.47 Å². The summed E-state index contributed by atoms with van der Waals surface area (Å²) in [4.78, 5) is 0. The van der Waals surface area contributed by atoms with Gasteiger partial charge in [0.05, 0.1) is 7.11 Å². The van der Waals surface area contributed by atoms with Gasteiger partial charge >= 0.3 is 0 Å². The van der Waals surface area contributed by atoms with E-state index in [0.29, 0.717) is 11.5 Å². The Kier molecular flexibility index (Phi) is 5.81. The summed E-state index contributed by atoms with van der Waals surface area (Å²) in [5.74, 6) is 2.19. The van der Waals surface area contributed by atoms with Crippen molar-refractivity contribution >= 4 is 11.3 Å². The fourth-order valence-electron chi connectivity index (χ4n) is 3.30. The van der Waals surface area contributed by atoms with Crippen molar-refractivity contribution in [3.63, 3.8) is 0 Å². The minimum absolute atomic E-state index is 0.155. The van der Waals surface area contributed by atoms with Crippen LogP contribution in [0.1, 0.15) is 16.7 Å². The molecule has 0 aliphatic rings. The van der Waals surface area contributed by atoms with E-state index in [1.807, 2.05) is 66.7 Å². The molecule has 0 unspecified atom stereocenters. The average molecular weight is 394 g/mol. The maximum Gasteiger partial charge on any atom is 0.143 e. The molecule has 0 atom stereocenters. The van der Waals surface area contributed by atoms with Crippen LogP contribution >= 0.6 is 0 Å². The summed E-state index contributed by atoms with van der Waals surface area (Å²) in [6.07, 6.45) is 0. The van der Waals surface area contributed by atoms with E-state index in [-0.39, 0.29) is 5.75 Å². The van der Waals surface area contributed by atoms with Gasteiger partial charge in [0.2, 0.25) is 0 Å². The van der Waals surface area contributed by atoms with Gasteiger partial charge in [0.15, 0.2) is 0 Å². The molecular weight excluding hydrogens is 372 g/mol. The van der Waals surface area contributed by atoms with Gasteiger partial charge in [-0.05, 0) is 47.5 Å². The zero-order valence-corrected chi connectivity index (χ0v) is 16.7. The first kappa shape index (κ1) is 19.3. The normalized spacial score (nSPS) is 10.3. The van der Waals surface area contributed by atoms with Gasteiger partial charge in [-0.25, -0.2) is 0 Å². The number of rotatable bonds is 6. The zero-order chi connectivity index (χ0) is 20.8. The summed E-state index contributed by atoms with van der Waals surface area (Å²) in [5.41, 5.74) is 3.94. The van der Waals surface area contributed by atoms with Gasteiger partial charge in [-0.3, -0.25) is 0 Å². The van der Waals surface area contributed by atoms with E-state index >= 15 is 0 Å². The van der Waals surface area contributed by atoms with Crippen LogP contribution in [0.15, 0.2) is 109 Å². The Hall–Kier alpha value is -3.98. The highest BCUT2D eigenvalue weighted by atomic mass is 16.5. The fourth-order valence-corrected chi connectivity index (χ4v) is 3.30. The maximum absolute atomic E-state index is 9.92. The SMILES string of the molecule is COc1ccc(C(Oc2cccc(O)c2)=C(c2ccccc2)c2ccccc2)cc1. The van der Waals surface area contributed by atoms with Crippen molar-refractivity contribution in [3.8, 4) is 17.2 Å². The Bertz CT molecular complexity index is 1090. The summed E-state index contributed by atoms with van der Waals surface area (Å²) in [7, 11) is 1.65. The Morgan fingerprint density at radius 3 is 1.73 bits per heavy atom. The number of hydrogen-bond acceptors (Lipinski definition) is 3. The lowest BCUT2D eigenvalue weighted by molar-refractivity contribution is 0.414. The largest absolute Gasteiger partial charge is 0.508 e. The van der Waals surface area contributed by atoms with E-state index in [9.17, 15) is 5.11 Å². The highest BCUT2D eigenvalue weighted by Gasteiger charge is 2.17. The van der Waals surface area contributed by atoms with Crippen molar-refractivity contribution in [2.75, 3.05) is 7.11 Å². The lowest BCUT2D eigenvalue weighted by Crippen LogP contribution is -2.02. The van der Waals surface area contributed by atoms with Crippen LogP contribution in [0, 0.1) is 0 Å². The molecule has 0 bridgehead atoms. The predicted molar refractivity (Wildman–Crippen MR) is 121 cm³/mol. The number of phenolic OH excluding ortho intramolecular Hbond substituents is 1. The summed E-state index contributed by atoms with van der Waals surface area (Å²) < 4.78 is 11.7. The molecule has 0 amide bonds. The smallest absolute Gasteiger partial charge is 0.143 e. The van der Waals surface area contributed by atoms with Gasteiger partial charge in [-0.15, -0.1) is 0 Å². The molecule has 4 aromatic rings. The molecule has 0 aromatic heterocycles. The van der Waals surface area contributed by atoms with Crippen molar-refractivity contribution in [2.45, 2.75) is 0 Å². The van der Waals surface area contributed by atoms with Crippen LogP contribution in [0.3, 0.4) is 0 Å². The first-order valence-corrected chi connectivity index (χ1v) is 9.71. The van der Waals surface area contributed by atoms with Gasteiger partial charge in [-0.2, -0.15) is 0 Å². The van der Waals surface area contributed by atoms with Gasteiger partial charge in [0.25, 0.3) is 0 Å². The molecule has 30 heavy (non-hydrogen) atoms. The third-order valence-corrected chi connectivity index (χ3v) is 4.74. The summed E-state index contributed by atoms with van der Waals surface area (Å²) in [6.45, 7) is 0. The molecule has 0 radical (unpaired) electrons. The minimum atomic E-state index is 0.155. The first-order chi connectivity index (χ1) is 14.7. The average Bonchev–Trinajstić information content (AvgIpc) is 2.80. The molecule has 0 fully saturated rings. The third-order valence-electron chi connectivity index (χ3n) is 4.74. The standard InChI is InChI=1S/C27H22O3/c1-29-24-17-15-22(16-18-24)27(30-25-14-8-13-23(28)19-25)26(20-9-4-2-5-10-20)21-11-6-3-7-12-21/h2-19,28H,1H3. The first-order valence-electron chi connectivity index (χ1n) is 9.71. The number of ether oxygens (including phenoxy) is 2. The number of phenols is 1. The Morgan fingerprint density at radius 1 is 0.600 bits per heavy atom. The molecule has 0 spiro atoms. The van der Waals surface area contributed by atoms with Crippen molar-refractivity contribution in [1.29, 1.82) is 0 Å². The van der Waals surface area contributed by atoms with Crippen LogP contribution in [0.25, 0.3) is 11.3 Å². The molecule has 3 nitrogen and oxygen atoms in total. The predicted octanol–water partition coefficient (Wildman–Crippen LogP) is 6.40.